The van der Waals surface area contributed by atoms with Crippen molar-refractivity contribution in [3.8, 4) is 0 Å². The Morgan fingerprint density at radius 3 is 2.67 bits per heavy atom. The van der Waals surface area contributed by atoms with Gasteiger partial charge in [-0.05, 0) is 23.3 Å². The van der Waals surface area contributed by atoms with Crippen LogP contribution in [0, 0.1) is 0 Å². The Hall–Kier alpha value is -2.66. The fourth-order valence-electron chi connectivity index (χ4n) is 2.28. The Kier molecular flexibility index (Phi) is 3.41. The van der Waals surface area contributed by atoms with E-state index in [2.05, 4.69) is 9.97 Å². The van der Waals surface area contributed by atoms with E-state index in [9.17, 15) is 9.90 Å². The van der Waals surface area contributed by atoms with Crippen LogP contribution in [0.1, 0.15) is 23.1 Å². The number of hydrogen-bond acceptors (Lipinski definition) is 3. The van der Waals surface area contributed by atoms with Crippen LogP contribution in [0.5, 0.6) is 0 Å². The summed E-state index contributed by atoms with van der Waals surface area (Å²) in [6, 6.07) is 14.5. The number of carbonyl (C=O) groups is 1. The molecule has 0 spiro atoms. The van der Waals surface area contributed by atoms with E-state index in [4.69, 9.17) is 5.11 Å². The van der Waals surface area contributed by atoms with Crippen molar-refractivity contribution in [2.24, 2.45) is 0 Å². The van der Waals surface area contributed by atoms with Crippen LogP contribution >= 0.6 is 0 Å². The monoisotopic (exact) mass is 282 g/mol. The molecule has 0 aliphatic rings. The minimum atomic E-state index is -0.876. The minimum absolute atomic E-state index is 0.0362. The first-order valence-corrected chi connectivity index (χ1v) is 6.57. The summed E-state index contributed by atoms with van der Waals surface area (Å²) < 4.78 is 0. The number of aromatic nitrogens is 2. The van der Waals surface area contributed by atoms with Gasteiger partial charge in [0.25, 0.3) is 0 Å². The second-order valence-electron chi connectivity index (χ2n) is 4.86. The zero-order valence-electron chi connectivity index (χ0n) is 11.2. The van der Waals surface area contributed by atoms with Crippen molar-refractivity contribution in [3.05, 3.63) is 65.5 Å². The van der Waals surface area contributed by atoms with E-state index in [1.54, 1.807) is 18.2 Å². The van der Waals surface area contributed by atoms with Gasteiger partial charge in [-0.1, -0.05) is 36.4 Å². The minimum Gasteiger partial charge on any atom is -0.481 e. The number of aromatic amines is 1. The molecule has 1 atom stereocenters. The Morgan fingerprint density at radius 2 is 1.95 bits per heavy atom. The quantitative estimate of drug-likeness (QED) is 0.685. The lowest BCUT2D eigenvalue weighted by atomic mass is 10.1. The number of hydrogen-bond donors (Lipinski definition) is 3. The Balaban J connectivity index is 1.95. The van der Waals surface area contributed by atoms with Crippen LogP contribution in [0.4, 0.5) is 0 Å². The summed E-state index contributed by atoms with van der Waals surface area (Å²) in [6.07, 6.45) is -0.868. The van der Waals surface area contributed by atoms with Crippen LogP contribution in [-0.2, 0) is 11.2 Å². The molecule has 0 unspecified atom stereocenters. The van der Waals surface area contributed by atoms with E-state index in [1.807, 2.05) is 30.3 Å². The van der Waals surface area contributed by atoms with Crippen LogP contribution in [0.25, 0.3) is 11.0 Å². The van der Waals surface area contributed by atoms with Gasteiger partial charge in [0.2, 0.25) is 0 Å². The van der Waals surface area contributed by atoms with E-state index >= 15 is 0 Å². The third-order valence-corrected chi connectivity index (χ3v) is 3.29. The first kappa shape index (κ1) is 13.3. The highest BCUT2D eigenvalue weighted by atomic mass is 16.4. The van der Waals surface area contributed by atoms with Crippen molar-refractivity contribution in [1.29, 1.82) is 0 Å². The summed E-state index contributed by atoms with van der Waals surface area (Å²) in [5.41, 5.74) is 2.87. The molecule has 21 heavy (non-hydrogen) atoms. The molecule has 1 aromatic heterocycles. The maximum Gasteiger partial charge on any atom is 0.307 e. The number of carboxylic acid groups (broad SMARTS) is 1. The molecule has 0 fully saturated rings. The molecule has 5 nitrogen and oxygen atoms in total. The van der Waals surface area contributed by atoms with E-state index in [1.165, 1.54) is 0 Å². The first-order valence-electron chi connectivity index (χ1n) is 6.57. The Bertz CT molecular complexity index is 781. The van der Waals surface area contributed by atoms with E-state index in [-0.39, 0.29) is 6.42 Å². The fraction of sp³-hybridized carbons (Fsp3) is 0.125. The fourth-order valence-corrected chi connectivity index (χ4v) is 2.28. The van der Waals surface area contributed by atoms with E-state index in [0.717, 1.165) is 11.1 Å². The zero-order valence-corrected chi connectivity index (χ0v) is 11.2. The topological polar surface area (TPSA) is 86.2 Å². The van der Waals surface area contributed by atoms with Gasteiger partial charge < -0.3 is 15.2 Å². The lowest BCUT2D eigenvalue weighted by molar-refractivity contribution is -0.136. The third kappa shape index (κ3) is 2.78. The third-order valence-electron chi connectivity index (χ3n) is 3.29. The van der Waals surface area contributed by atoms with Gasteiger partial charge in [0.1, 0.15) is 11.9 Å². The number of nitrogens with zero attached hydrogens (tertiary/aromatic N) is 1. The van der Waals surface area contributed by atoms with Crippen LogP contribution in [-0.4, -0.2) is 26.2 Å². The number of imidazole rings is 1. The highest BCUT2D eigenvalue weighted by Crippen LogP contribution is 2.22. The maximum atomic E-state index is 10.7. The first-order chi connectivity index (χ1) is 10.1. The van der Waals surface area contributed by atoms with Crippen LogP contribution < -0.4 is 0 Å². The molecule has 0 saturated heterocycles. The van der Waals surface area contributed by atoms with Gasteiger partial charge in [-0.25, -0.2) is 4.98 Å². The van der Waals surface area contributed by atoms with Gasteiger partial charge in [-0.3, -0.25) is 4.79 Å². The van der Waals surface area contributed by atoms with Gasteiger partial charge in [0, 0.05) is 0 Å². The van der Waals surface area contributed by atoms with Crippen LogP contribution in [0.15, 0.2) is 48.5 Å². The standard InChI is InChI=1S/C16H14N2O3/c19-14(20)9-10-6-7-12-13(8-10)18-16(17-12)15(21)11-4-2-1-3-5-11/h1-8,15,21H,9H2,(H,17,18)(H,19,20)/t15-/m1/s1. The number of carboxylic acids is 1. The molecule has 0 saturated carbocycles. The molecular formula is C16H14N2O3. The van der Waals surface area contributed by atoms with Gasteiger partial charge in [0.05, 0.1) is 17.5 Å². The second kappa shape index (κ2) is 5.38. The van der Waals surface area contributed by atoms with Gasteiger partial charge in [-0.2, -0.15) is 0 Å². The molecular weight excluding hydrogens is 268 g/mol. The molecule has 5 heteroatoms. The summed E-state index contributed by atoms with van der Waals surface area (Å²) >= 11 is 0. The average molecular weight is 282 g/mol. The number of benzene rings is 2. The number of aliphatic hydroxyl groups is 1. The number of H-pyrrole nitrogens is 1. The number of fused-ring (bicyclic) bond motifs is 1. The molecule has 0 radical (unpaired) electrons. The number of rotatable bonds is 4. The molecule has 0 aliphatic carbocycles. The molecule has 0 amide bonds. The summed E-state index contributed by atoms with van der Waals surface area (Å²) in [5, 5.41) is 19.1. The van der Waals surface area contributed by atoms with Crippen molar-refractivity contribution in [1.82, 2.24) is 9.97 Å². The highest BCUT2D eigenvalue weighted by molar-refractivity contribution is 5.78. The molecule has 3 aromatic rings. The normalized spacial score (nSPS) is 12.4. The second-order valence-corrected chi connectivity index (χ2v) is 4.86. The van der Waals surface area contributed by atoms with Crippen molar-refractivity contribution >= 4 is 17.0 Å². The summed E-state index contributed by atoms with van der Waals surface area (Å²) in [6.45, 7) is 0. The molecule has 3 N–H and O–H groups in total. The highest BCUT2D eigenvalue weighted by Gasteiger charge is 2.15. The SMILES string of the molecule is O=C(O)Cc1ccc2nc([C@H](O)c3ccccc3)[nH]c2c1. The lowest BCUT2D eigenvalue weighted by Crippen LogP contribution is -2.01. The smallest absolute Gasteiger partial charge is 0.307 e. The summed E-state index contributed by atoms with van der Waals surface area (Å²) in [7, 11) is 0. The molecule has 2 aromatic carbocycles. The summed E-state index contributed by atoms with van der Waals surface area (Å²) in [5.74, 6) is -0.429. The predicted molar refractivity (Wildman–Crippen MR) is 77.9 cm³/mol. The molecule has 0 bridgehead atoms. The van der Waals surface area contributed by atoms with E-state index < -0.39 is 12.1 Å². The Morgan fingerprint density at radius 1 is 1.19 bits per heavy atom. The summed E-state index contributed by atoms with van der Waals surface area (Å²) in [4.78, 5) is 18.1. The van der Waals surface area contributed by atoms with Crippen LogP contribution in [0.2, 0.25) is 0 Å². The largest absolute Gasteiger partial charge is 0.481 e. The van der Waals surface area contributed by atoms with Crippen molar-refractivity contribution < 1.29 is 15.0 Å². The van der Waals surface area contributed by atoms with Crippen molar-refractivity contribution in [2.75, 3.05) is 0 Å². The van der Waals surface area contributed by atoms with Gasteiger partial charge in [0.15, 0.2) is 0 Å². The maximum absolute atomic E-state index is 10.7. The van der Waals surface area contributed by atoms with Crippen LogP contribution in [0.3, 0.4) is 0 Å². The predicted octanol–water partition coefficient (Wildman–Crippen LogP) is 2.27. The molecule has 3 rings (SSSR count). The molecule has 0 aliphatic heterocycles. The van der Waals surface area contributed by atoms with Gasteiger partial charge in [-0.15, -0.1) is 0 Å². The zero-order chi connectivity index (χ0) is 14.8. The van der Waals surface area contributed by atoms with Crippen molar-refractivity contribution in [2.45, 2.75) is 12.5 Å². The average Bonchev–Trinajstić information content (AvgIpc) is 2.90. The Labute approximate surface area is 120 Å². The van der Waals surface area contributed by atoms with E-state index in [0.29, 0.717) is 16.9 Å². The molecule has 1 heterocycles. The lowest BCUT2D eigenvalue weighted by Gasteiger charge is -2.06. The van der Waals surface area contributed by atoms with Gasteiger partial charge >= 0.3 is 5.97 Å². The number of aliphatic carboxylic acids is 1. The van der Waals surface area contributed by atoms with Crippen molar-refractivity contribution in [3.63, 3.8) is 0 Å². The molecule has 106 valence electrons. The number of nitrogens with one attached hydrogen (secondary N) is 1. The number of aliphatic hydroxyl groups excluding tert-OH is 1.